The van der Waals surface area contributed by atoms with Crippen LogP contribution in [0.5, 0.6) is 0 Å². The molecule has 1 saturated carbocycles. The Morgan fingerprint density at radius 1 is 1.27 bits per heavy atom. The molecule has 0 radical (unpaired) electrons. The van der Waals surface area contributed by atoms with Crippen LogP contribution in [0.1, 0.15) is 56.8 Å². The zero-order chi connectivity index (χ0) is 18.2. The average Bonchev–Trinajstić information content (AvgIpc) is 3.15. The van der Waals surface area contributed by atoms with E-state index in [-0.39, 0.29) is 0 Å². The van der Waals surface area contributed by atoms with Gasteiger partial charge in [-0.1, -0.05) is 43.5 Å². The summed E-state index contributed by atoms with van der Waals surface area (Å²) in [6.45, 7) is 2.81. The van der Waals surface area contributed by atoms with Crippen LogP contribution in [0.3, 0.4) is 0 Å². The van der Waals surface area contributed by atoms with Crippen molar-refractivity contribution in [2.75, 3.05) is 7.05 Å². The normalized spacial score (nSPS) is 15.8. The monoisotopic (exact) mass is 355 g/mol. The van der Waals surface area contributed by atoms with Crippen molar-refractivity contribution in [2.24, 2.45) is 4.99 Å². The Labute approximate surface area is 155 Å². The van der Waals surface area contributed by atoms with Gasteiger partial charge in [-0.3, -0.25) is 4.99 Å². The molecule has 6 heteroatoms. The van der Waals surface area contributed by atoms with Crippen molar-refractivity contribution in [3.63, 3.8) is 0 Å². The summed E-state index contributed by atoms with van der Waals surface area (Å²) in [5.41, 5.74) is 2.11. The van der Waals surface area contributed by atoms with Gasteiger partial charge in [0.15, 0.2) is 11.8 Å². The van der Waals surface area contributed by atoms with Crippen LogP contribution < -0.4 is 10.6 Å². The molecule has 2 aromatic rings. The predicted octanol–water partition coefficient (Wildman–Crippen LogP) is 3.69. The van der Waals surface area contributed by atoms with Gasteiger partial charge in [-0.05, 0) is 37.0 Å². The molecule has 0 amide bonds. The first kappa shape index (κ1) is 18.4. The minimum atomic E-state index is 0.539. The molecule has 2 N–H and O–H groups in total. The largest absolute Gasteiger partial charge is 0.354 e. The molecular weight excluding hydrogens is 326 g/mol. The summed E-state index contributed by atoms with van der Waals surface area (Å²) in [5.74, 6) is 2.22. The molecule has 0 atom stereocenters. The zero-order valence-corrected chi connectivity index (χ0v) is 15.8. The Morgan fingerprint density at radius 3 is 2.88 bits per heavy atom. The van der Waals surface area contributed by atoms with Gasteiger partial charge >= 0.3 is 0 Å². The maximum absolute atomic E-state index is 5.39. The van der Waals surface area contributed by atoms with Crippen molar-refractivity contribution in [3.05, 3.63) is 35.7 Å². The van der Waals surface area contributed by atoms with E-state index >= 15 is 0 Å². The third-order valence-corrected chi connectivity index (χ3v) is 4.75. The maximum Gasteiger partial charge on any atom is 0.257 e. The summed E-state index contributed by atoms with van der Waals surface area (Å²) >= 11 is 0. The molecule has 0 bridgehead atoms. The molecule has 1 aliphatic rings. The lowest BCUT2D eigenvalue weighted by atomic mass is 9.96. The molecule has 6 nitrogen and oxygen atoms in total. The number of benzene rings is 1. The Morgan fingerprint density at radius 2 is 2.12 bits per heavy atom. The van der Waals surface area contributed by atoms with Crippen LogP contribution in [0.25, 0.3) is 11.5 Å². The molecular formula is C20H29N5O. The Hall–Kier alpha value is -2.37. The molecule has 0 spiro atoms. The first-order valence-electron chi connectivity index (χ1n) is 9.67. The highest BCUT2D eigenvalue weighted by molar-refractivity contribution is 5.80. The van der Waals surface area contributed by atoms with Crippen molar-refractivity contribution in [3.8, 4) is 11.5 Å². The van der Waals surface area contributed by atoms with Gasteiger partial charge in [-0.25, -0.2) is 0 Å². The number of aryl methyl sites for hydroxylation is 1. The number of aliphatic imine (C=N–C) groups is 1. The van der Waals surface area contributed by atoms with Gasteiger partial charge in [0.05, 0.1) is 0 Å². The first-order valence-corrected chi connectivity index (χ1v) is 9.67. The second-order valence-corrected chi connectivity index (χ2v) is 6.87. The summed E-state index contributed by atoms with van der Waals surface area (Å²) < 4.78 is 5.39. The topological polar surface area (TPSA) is 75.3 Å². The van der Waals surface area contributed by atoms with E-state index in [9.17, 15) is 0 Å². The Balaban J connectivity index is 1.58. The predicted molar refractivity (Wildman–Crippen MR) is 104 cm³/mol. The maximum atomic E-state index is 5.39. The van der Waals surface area contributed by atoms with Gasteiger partial charge in [0.2, 0.25) is 0 Å². The summed E-state index contributed by atoms with van der Waals surface area (Å²) in [5, 5.41) is 11.0. The first-order chi connectivity index (χ1) is 12.8. The number of hydrogen-bond acceptors (Lipinski definition) is 4. The lowest BCUT2D eigenvalue weighted by molar-refractivity contribution is 0.410. The van der Waals surface area contributed by atoms with E-state index in [0.717, 1.165) is 35.8 Å². The highest BCUT2D eigenvalue weighted by atomic mass is 16.5. The molecule has 3 rings (SSSR count). The second-order valence-electron chi connectivity index (χ2n) is 6.87. The molecule has 1 heterocycles. The van der Waals surface area contributed by atoms with Gasteiger partial charge < -0.3 is 15.2 Å². The lowest BCUT2D eigenvalue weighted by Gasteiger charge is -2.24. The Kier molecular flexibility index (Phi) is 6.63. The van der Waals surface area contributed by atoms with E-state index in [1.807, 2.05) is 19.2 Å². The lowest BCUT2D eigenvalue weighted by Crippen LogP contribution is -2.43. The van der Waals surface area contributed by atoms with E-state index in [2.05, 4.69) is 44.8 Å². The van der Waals surface area contributed by atoms with Crippen LogP contribution in [-0.2, 0) is 13.0 Å². The highest BCUT2D eigenvalue weighted by Crippen LogP contribution is 2.19. The number of rotatable bonds is 6. The van der Waals surface area contributed by atoms with Crippen LogP contribution in [0.4, 0.5) is 0 Å². The fourth-order valence-corrected chi connectivity index (χ4v) is 3.33. The summed E-state index contributed by atoms with van der Waals surface area (Å²) in [4.78, 5) is 8.82. The summed E-state index contributed by atoms with van der Waals surface area (Å²) in [6.07, 6.45) is 8.28. The van der Waals surface area contributed by atoms with Crippen LogP contribution in [0.2, 0.25) is 0 Å². The van der Waals surface area contributed by atoms with E-state index in [1.54, 1.807) is 0 Å². The molecule has 1 aliphatic carbocycles. The molecule has 1 aromatic carbocycles. The van der Waals surface area contributed by atoms with Crippen LogP contribution >= 0.6 is 0 Å². The molecule has 26 heavy (non-hydrogen) atoms. The van der Waals surface area contributed by atoms with E-state index in [4.69, 9.17) is 4.52 Å². The minimum absolute atomic E-state index is 0.539. The molecule has 1 aromatic heterocycles. The standard InChI is InChI=1S/C20H29N5O/c1-3-8-18-24-19(26-25-18)16-10-7-9-15(13-16)14-22-20(21-2)23-17-11-5-4-6-12-17/h7,9-10,13,17H,3-6,8,11-12,14H2,1-2H3,(H2,21,22,23). The number of guanidine groups is 1. The zero-order valence-electron chi connectivity index (χ0n) is 15.8. The molecule has 1 fully saturated rings. The second kappa shape index (κ2) is 9.36. The smallest absolute Gasteiger partial charge is 0.257 e. The van der Waals surface area contributed by atoms with E-state index < -0.39 is 0 Å². The van der Waals surface area contributed by atoms with Gasteiger partial charge in [0.1, 0.15) is 0 Å². The van der Waals surface area contributed by atoms with Gasteiger partial charge in [0, 0.05) is 31.6 Å². The van der Waals surface area contributed by atoms with Gasteiger partial charge in [-0.2, -0.15) is 4.98 Å². The fourth-order valence-electron chi connectivity index (χ4n) is 3.33. The van der Waals surface area contributed by atoms with Gasteiger partial charge in [0.25, 0.3) is 5.89 Å². The van der Waals surface area contributed by atoms with Crippen molar-refractivity contribution in [1.82, 2.24) is 20.8 Å². The summed E-state index contributed by atoms with van der Waals surface area (Å²) in [7, 11) is 1.82. The summed E-state index contributed by atoms with van der Waals surface area (Å²) in [6, 6.07) is 8.74. The van der Waals surface area contributed by atoms with Gasteiger partial charge in [-0.15, -0.1) is 0 Å². The number of aromatic nitrogens is 2. The Bertz CT molecular complexity index is 718. The van der Waals surface area contributed by atoms with Crippen molar-refractivity contribution in [2.45, 2.75) is 64.5 Å². The fraction of sp³-hybridized carbons (Fsp3) is 0.550. The van der Waals surface area contributed by atoms with Crippen LogP contribution in [0, 0.1) is 0 Å². The van der Waals surface area contributed by atoms with Crippen molar-refractivity contribution >= 4 is 5.96 Å². The van der Waals surface area contributed by atoms with E-state index in [0.29, 0.717) is 18.5 Å². The average molecular weight is 355 g/mol. The number of nitrogens with zero attached hydrogens (tertiary/aromatic N) is 3. The van der Waals surface area contributed by atoms with Crippen LogP contribution in [-0.4, -0.2) is 29.2 Å². The molecule has 0 unspecified atom stereocenters. The SMILES string of the molecule is CCCc1noc(-c2cccc(CNC(=NC)NC3CCCCC3)c2)n1. The molecule has 0 aliphatic heterocycles. The van der Waals surface area contributed by atoms with E-state index in [1.165, 1.54) is 32.1 Å². The molecule has 140 valence electrons. The third-order valence-electron chi connectivity index (χ3n) is 4.75. The van der Waals surface area contributed by atoms with Crippen molar-refractivity contribution < 1.29 is 4.52 Å². The molecule has 0 saturated heterocycles. The minimum Gasteiger partial charge on any atom is -0.354 e. The quantitative estimate of drug-likeness (QED) is 0.610. The highest BCUT2D eigenvalue weighted by Gasteiger charge is 2.14. The third kappa shape index (κ3) is 5.07. The number of hydrogen-bond donors (Lipinski definition) is 2. The van der Waals surface area contributed by atoms with Crippen LogP contribution in [0.15, 0.2) is 33.8 Å². The van der Waals surface area contributed by atoms with Crippen molar-refractivity contribution in [1.29, 1.82) is 0 Å². The number of nitrogens with one attached hydrogen (secondary N) is 2.